The molecule has 0 aromatic heterocycles. The SMILES string of the molecule is O=C1CC2CC1CC2C(F)(F)C(F)(F)S(=O)(=O)ON1C(=O)C2C3C=CC(C3)C2C1=O. The topological polar surface area (TPSA) is 97.8 Å². The standard InChI is InChI=1S/C18H17F4NO6S/c19-17(20,11-5-10-4-9(11)6-12(10)24)18(21,22)30(27,28)29-23-15(25)13-7-1-2-8(3-7)14(13)16(23)26/h1-2,7-11,13-14H,3-6H2. The quantitative estimate of drug-likeness (QED) is 0.360. The van der Waals surface area contributed by atoms with Gasteiger partial charge < -0.3 is 0 Å². The maximum absolute atomic E-state index is 14.7. The second-order valence-electron chi connectivity index (χ2n) is 8.84. The highest BCUT2D eigenvalue weighted by atomic mass is 32.2. The van der Waals surface area contributed by atoms with Crippen molar-refractivity contribution < 1.29 is 44.6 Å². The van der Waals surface area contributed by atoms with Crippen LogP contribution in [0, 0.1) is 41.4 Å². The van der Waals surface area contributed by atoms with Crippen LogP contribution in [0.25, 0.3) is 0 Å². The summed E-state index contributed by atoms with van der Waals surface area (Å²) in [6.45, 7) is 0. The van der Waals surface area contributed by atoms with E-state index in [2.05, 4.69) is 4.28 Å². The van der Waals surface area contributed by atoms with Gasteiger partial charge in [0.15, 0.2) is 0 Å². The lowest BCUT2D eigenvalue weighted by molar-refractivity contribution is -0.209. The second-order valence-corrected chi connectivity index (χ2v) is 10.4. The zero-order valence-electron chi connectivity index (χ0n) is 15.3. The van der Waals surface area contributed by atoms with Crippen LogP contribution in [0.1, 0.15) is 25.7 Å². The van der Waals surface area contributed by atoms with E-state index in [1.54, 1.807) is 12.2 Å². The number of halogens is 4. The molecule has 1 saturated heterocycles. The summed E-state index contributed by atoms with van der Waals surface area (Å²) in [5, 5.41) is -5.97. The molecule has 4 fully saturated rings. The van der Waals surface area contributed by atoms with Crippen LogP contribution in [0.3, 0.4) is 0 Å². The molecule has 1 aliphatic heterocycles. The molecule has 0 radical (unpaired) electrons. The fourth-order valence-electron chi connectivity index (χ4n) is 5.96. The molecular formula is C18H17F4NO6S. The van der Waals surface area contributed by atoms with E-state index >= 15 is 0 Å². The van der Waals surface area contributed by atoms with Crippen LogP contribution < -0.4 is 0 Å². The number of carbonyl (C=O) groups is 3. The first-order chi connectivity index (χ1) is 13.9. The van der Waals surface area contributed by atoms with Gasteiger partial charge in [0.25, 0.3) is 11.8 Å². The van der Waals surface area contributed by atoms with E-state index in [4.69, 9.17) is 0 Å². The van der Waals surface area contributed by atoms with E-state index in [-0.39, 0.29) is 35.5 Å². The van der Waals surface area contributed by atoms with Crippen molar-refractivity contribution in [2.45, 2.75) is 36.9 Å². The predicted molar refractivity (Wildman–Crippen MR) is 88.8 cm³/mol. The zero-order chi connectivity index (χ0) is 21.8. The minimum atomic E-state index is -6.38. The van der Waals surface area contributed by atoms with E-state index in [0.29, 0.717) is 6.42 Å². The van der Waals surface area contributed by atoms with Crippen LogP contribution >= 0.6 is 0 Å². The molecule has 164 valence electrons. The van der Waals surface area contributed by atoms with Crippen molar-refractivity contribution in [3.63, 3.8) is 0 Å². The van der Waals surface area contributed by atoms with Crippen molar-refractivity contribution in [3.8, 4) is 0 Å². The van der Waals surface area contributed by atoms with Crippen molar-refractivity contribution in [2.24, 2.45) is 41.4 Å². The molecule has 5 rings (SSSR count). The molecule has 4 bridgehead atoms. The molecule has 5 aliphatic rings. The Morgan fingerprint density at radius 3 is 1.97 bits per heavy atom. The molecule has 7 nitrogen and oxygen atoms in total. The summed E-state index contributed by atoms with van der Waals surface area (Å²) in [5.41, 5.74) is 0. The minimum Gasteiger partial charge on any atom is -0.299 e. The number of allylic oxidation sites excluding steroid dienone is 2. The number of hydroxylamine groups is 2. The Kier molecular flexibility index (Phi) is 3.96. The molecule has 30 heavy (non-hydrogen) atoms. The van der Waals surface area contributed by atoms with Gasteiger partial charge in [0.1, 0.15) is 5.78 Å². The van der Waals surface area contributed by atoms with Gasteiger partial charge in [0.2, 0.25) is 0 Å². The van der Waals surface area contributed by atoms with E-state index < -0.39 is 69.1 Å². The first-order valence-corrected chi connectivity index (χ1v) is 11.1. The maximum Gasteiger partial charge on any atom is 0.433 e. The van der Waals surface area contributed by atoms with Gasteiger partial charge in [-0.1, -0.05) is 12.2 Å². The number of ketones is 1. The number of imide groups is 1. The fraction of sp³-hybridized carbons (Fsp3) is 0.722. The van der Waals surface area contributed by atoms with Gasteiger partial charge in [-0.05, 0) is 37.0 Å². The van der Waals surface area contributed by atoms with Crippen LogP contribution in [0.5, 0.6) is 0 Å². The number of fused-ring (bicyclic) bond motifs is 7. The predicted octanol–water partition coefficient (Wildman–Crippen LogP) is 1.90. The van der Waals surface area contributed by atoms with Gasteiger partial charge >= 0.3 is 21.3 Å². The number of rotatable bonds is 5. The first kappa shape index (κ1) is 20.1. The summed E-state index contributed by atoms with van der Waals surface area (Å²) < 4.78 is 87.1. The molecule has 0 aromatic rings. The highest BCUT2D eigenvalue weighted by Crippen LogP contribution is 2.58. The second kappa shape index (κ2) is 5.90. The van der Waals surface area contributed by atoms with Gasteiger partial charge in [-0.25, -0.2) is 0 Å². The Morgan fingerprint density at radius 1 is 0.933 bits per heavy atom. The molecule has 1 heterocycles. The van der Waals surface area contributed by atoms with Gasteiger partial charge in [0.05, 0.1) is 11.8 Å². The smallest absolute Gasteiger partial charge is 0.299 e. The third kappa shape index (κ3) is 2.34. The molecule has 0 aromatic carbocycles. The number of amides is 2. The highest BCUT2D eigenvalue weighted by molar-refractivity contribution is 7.87. The molecule has 2 amide bonds. The third-order valence-corrected chi connectivity index (χ3v) is 8.63. The molecule has 0 N–H and O–H groups in total. The number of Topliss-reactive ketones (excluding diaryl/α,β-unsaturated/α-hetero) is 1. The zero-order valence-corrected chi connectivity index (χ0v) is 16.2. The van der Waals surface area contributed by atoms with Crippen molar-refractivity contribution in [1.82, 2.24) is 5.06 Å². The molecular weight excluding hydrogens is 434 g/mol. The average Bonchev–Trinajstić information content (AvgIpc) is 3.45. The minimum absolute atomic E-state index is 0.0122. The lowest BCUT2D eigenvalue weighted by Gasteiger charge is -2.34. The molecule has 0 spiro atoms. The van der Waals surface area contributed by atoms with Gasteiger partial charge in [0, 0.05) is 18.3 Å². The normalized spacial score (nSPS) is 40.2. The summed E-state index contributed by atoms with van der Waals surface area (Å²) >= 11 is 0. The summed E-state index contributed by atoms with van der Waals surface area (Å²) in [6.07, 6.45) is 3.05. The third-order valence-electron chi connectivity index (χ3n) is 7.38. The summed E-state index contributed by atoms with van der Waals surface area (Å²) in [5.74, 6) is -14.0. The lowest BCUT2D eigenvalue weighted by Crippen LogP contribution is -2.55. The Labute approximate surface area is 168 Å². The first-order valence-electron chi connectivity index (χ1n) is 9.65. The molecule has 7 atom stereocenters. The monoisotopic (exact) mass is 451 g/mol. The van der Waals surface area contributed by atoms with Crippen LogP contribution in [0.2, 0.25) is 0 Å². The van der Waals surface area contributed by atoms with Crippen molar-refractivity contribution in [3.05, 3.63) is 12.2 Å². The molecule has 3 saturated carbocycles. The maximum atomic E-state index is 14.7. The number of carbonyl (C=O) groups excluding carboxylic acids is 3. The Morgan fingerprint density at radius 2 is 1.50 bits per heavy atom. The van der Waals surface area contributed by atoms with Crippen LogP contribution in [-0.4, -0.2) is 42.3 Å². The van der Waals surface area contributed by atoms with Gasteiger partial charge in [-0.3, -0.25) is 14.4 Å². The van der Waals surface area contributed by atoms with E-state index in [1.807, 2.05) is 0 Å². The summed E-state index contributed by atoms with van der Waals surface area (Å²) in [7, 11) is -6.38. The van der Waals surface area contributed by atoms with Gasteiger partial charge in [-0.15, -0.1) is 9.35 Å². The van der Waals surface area contributed by atoms with Crippen LogP contribution in [-0.2, 0) is 28.8 Å². The number of nitrogens with zero attached hydrogens (tertiary/aromatic N) is 1. The average molecular weight is 451 g/mol. The highest BCUT2D eigenvalue weighted by Gasteiger charge is 2.74. The van der Waals surface area contributed by atoms with E-state index in [9.17, 15) is 40.4 Å². The largest absolute Gasteiger partial charge is 0.433 e. The van der Waals surface area contributed by atoms with Crippen LogP contribution in [0.15, 0.2) is 12.2 Å². The van der Waals surface area contributed by atoms with Crippen molar-refractivity contribution in [2.75, 3.05) is 0 Å². The number of hydrogen-bond donors (Lipinski definition) is 0. The van der Waals surface area contributed by atoms with Gasteiger partial charge in [-0.2, -0.15) is 26.0 Å². The molecule has 7 unspecified atom stereocenters. The summed E-state index contributed by atoms with van der Waals surface area (Å²) in [6, 6.07) is 0. The number of alkyl halides is 4. The lowest BCUT2D eigenvalue weighted by atomic mass is 9.83. The number of hydrogen-bond acceptors (Lipinski definition) is 6. The van der Waals surface area contributed by atoms with Crippen molar-refractivity contribution in [1.29, 1.82) is 0 Å². The van der Waals surface area contributed by atoms with E-state index in [1.165, 1.54) is 0 Å². The molecule has 12 heteroatoms. The summed E-state index contributed by atoms with van der Waals surface area (Å²) in [4.78, 5) is 36.4. The van der Waals surface area contributed by atoms with Crippen LogP contribution in [0.4, 0.5) is 17.6 Å². The Bertz CT molecular complexity index is 965. The van der Waals surface area contributed by atoms with Crippen molar-refractivity contribution >= 4 is 27.7 Å². The van der Waals surface area contributed by atoms with E-state index in [0.717, 1.165) is 0 Å². The fourth-order valence-corrected chi connectivity index (χ4v) is 6.88. The Balaban J connectivity index is 1.39. The molecule has 4 aliphatic carbocycles. The Hall–Kier alpha value is -1.82.